The number of nitrogens with one attached hydrogen (secondary N) is 1. The predicted molar refractivity (Wildman–Crippen MR) is 60.7 cm³/mol. The minimum absolute atomic E-state index is 0.510. The van der Waals surface area contributed by atoms with Gasteiger partial charge in [-0.1, -0.05) is 12.2 Å². The van der Waals surface area contributed by atoms with Crippen LogP contribution in [0.15, 0.2) is 16.6 Å². The molecule has 0 spiro atoms. The van der Waals surface area contributed by atoms with Crippen LogP contribution < -0.4 is 11.1 Å². The summed E-state index contributed by atoms with van der Waals surface area (Å²) in [4.78, 5) is 4.23. The van der Waals surface area contributed by atoms with E-state index in [4.69, 9.17) is 10.2 Å². The number of fused-ring (bicyclic) bond motifs is 3. The molecule has 0 aromatic carbocycles. The second-order valence-corrected chi connectivity index (χ2v) is 3.64. The Kier molecular flexibility index (Phi) is 1.54. The maximum absolute atomic E-state index is 5.85. The number of rotatable bonds is 0. The summed E-state index contributed by atoms with van der Waals surface area (Å²) < 4.78 is 5.46. The van der Waals surface area contributed by atoms with Crippen molar-refractivity contribution >= 4 is 28.7 Å². The molecule has 0 fully saturated rings. The van der Waals surface area contributed by atoms with Gasteiger partial charge in [0.1, 0.15) is 11.6 Å². The van der Waals surface area contributed by atoms with Crippen molar-refractivity contribution in [3.63, 3.8) is 0 Å². The van der Waals surface area contributed by atoms with Crippen LogP contribution in [0.4, 0.5) is 11.5 Å². The van der Waals surface area contributed by atoms with E-state index in [1.165, 1.54) is 0 Å². The quantitative estimate of drug-likeness (QED) is 0.685. The van der Waals surface area contributed by atoms with Crippen LogP contribution in [0, 0.1) is 6.92 Å². The van der Waals surface area contributed by atoms with Crippen LogP contribution in [0.1, 0.15) is 11.3 Å². The van der Waals surface area contributed by atoms with Crippen molar-refractivity contribution in [2.24, 2.45) is 0 Å². The lowest BCUT2D eigenvalue weighted by Crippen LogP contribution is -2.08. The summed E-state index contributed by atoms with van der Waals surface area (Å²) >= 11 is 0. The lowest BCUT2D eigenvalue weighted by Gasteiger charge is -2.14. The number of aromatic nitrogens is 1. The molecule has 3 N–H and O–H groups in total. The topological polar surface area (TPSA) is 64.1 Å². The van der Waals surface area contributed by atoms with Gasteiger partial charge in [0.15, 0.2) is 0 Å². The highest BCUT2D eigenvalue weighted by Gasteiger charge is 2.15. The highest BCUT2D eigenvalue weighted by atomic mass is 16.3. The van der Waals surface area contributed by atoms with Crippen molar-refractivity contribution < 1.29 is 4.42 Å². The Hall–Kier alpha value is -1.97. The Bertz CT molecular complexity index is 569. The number of furan rings is 1. The van der Waals surface area contributed by atoms with Gasteiger partial charge in [-0.3, -0.25) is 0 Å². The van der Waals surface area contributed by atoms with E-state index in [1.807, 2.05) is 25.1 Å². The molecule has 0 bridgehead atoms. The fourth-order valence-electron chi connectivity index (χ4n) is 1.90. The molecule has 1 aliphatic rings. The molecule has 1 aliphatic heterocycles. The first-order chi connectivity index (χ1) is 7.25. The van der Waals surface area contributed by atoms with E-state index in [2.05, 4.69) is 10.3 Å². The first-order valence-electron chi connectivity index (χ1n) is 4.86. The number of hydrogen-bond donors (Lipinski definition) is 2. The van der Waals surface area contributed by atoms with Crippen molar-refractivity contribution in [2.45, 2.75) is 6.92 Å². The highest BCUT2D eigenvalue weighted by Crippen LogP contribution is 2.34. The van der Waals surface area contributed by atoms with Gasteiger partial charge in [0.25, 0.3) is 0 Å². The number of nitrogen functional groups attached to an aromatic ring is 1. The molecule has 2 aromatic heterocycles. The van der Waals surface area contributed by atoms with Crippen LogP contribution in [-0.2, 0) is 0 Å². The minimum atomic E-state index is 0.510. The Morgan fingerprint density at radius 2 is 2.40 bits per heavy atom. The summed E-state index contributed by atoms with van der Waals surface area (Å²) in [6.45, 7) is 2.72. The van der Waals surface area contributed by atoms with E-state index in [-0.39, 0.29) is 0 Å². The van der Waals surface area contributed by atoms with Crippen molar-refractivity contribution in [1.82, 2.24) is 4.98 Å². The third-order valence-corrected chi connectivity index (χ3v) is 2.55. The molecule has 0 atom stereocenters. The van der Waals surface area contributed by atoms with Crippen molar-refractivity contribution in [2.75, 3.05) is 17.6 Å². The maximum atomic E-state index is 5.85. The van der Waals surface area contributed by atoms with E-state index < -0.39 is 0 Å². The first-order valence-corrected chi connectivity index (χ1v) is 4.86. The van der Waals surface area contributed by atoms with E-state index in [0.29, 0.717) is 11.5 Å². The molecule has 0 unspecified atom stereocenters. The van der Waals surface area contributed by atoms with Crippen LogP contribution in [0.25, 0.3) is 17.2 Å². The van der Waals surface area contributed by atoms with Gasteiger partial charge >= 0.3 is 0 Å². The highest BCUT2D eigenvalue weighted by molar-refractivity contribution is 5.97. The minimum Gasteiger partial charge on any atom is -0.443 e. The molecule has 3 rings (SSSR count). The van der Waals surface area contributed by atoms with Gasteiger partial charge in [0, 0.05) is 12.1 Å². The summed E-state index contributed by atoms with van der Waals surface area (Å²) in [6.07, 6.45) is 4.02. The molecule has 15 heavy (non-hydrogen) atoms. The molecule has 4 nitrogen and oxygen atoms in total. The molecule has 4 heteroatoms. The van der Waals surface area contributed by atoms with E-state index in [0.717, 1.165) is 28.9 Å². The average Bonchev–Trinajstić information content (AvgIpc) is 2.59. The third kappa shape index (κ3) is 1.11. The van der Waals surface area contributed by atoms with Crippen molar-refractivity contribution in [1.29, 1.82) is 0 Å². The second kappa shape index (κ2) is 2.76. The van der Waals surface area contributed by atoms with Crippen LogP contribution in [0.2, 0.25) is 0 Å². The zero-order valence-electron chi connectivity index (χ0n) is 8.37. The van der Waals surface area contributed by atoms with Gasteiger partial charge in [0.05, 0.1) is 11.1 Å². The normalized spacial score (nSPS) is 13.9. The second-order valence-electron chi connectivity index (χ2n) is 3.64. The number of nitrogens with zero attached hydrogens (tertiary/aromatic N) is 1. The standard InChI is InChI=1S/C11H11N3O/c1-6-5-8-9-7(3-2-4-13-9)10(12)14-11(8)15-6/h2-3,5,13H,4H2,1H3,(H2,12,14). The zero-order valence-corrected chi connectivity index (χ0v) is 8.37. The molecule has 0 amide bonds. The number of hydrogen-bond acceptors (Lipinski definition) is 4. The molecular weight excluding hydrogens is 190 g/mol. The summed E-state index contributed by atoms with van der Waals surface area (Å²) in [7, 11) is 0. The van der Waals surface area contributed by atoms with Gasteiger partial charge in [-0.15, -0.1) is 0 Å². The summed E-state index contributed by atoms with van der Waals surface area (Å²) in [5.74, 6) is 1.36. The van der Waals surface area contributed by atoms with Crippen molar-refractivity contribution in [3.05, 3.63) is 23.5 Å². The lowest BCUT2D eigenvalue weighted by atomic mass is 10.1. The number of nitrogens with two attached hydrogens (primary N) is 1. The Morgan fingerprint density at radius 3 is 3.27 bits per heavy atom. The van der Waals surface area contributed by atoms with Crippen LogP contribution in [-0.4, -0.2) is 11.5 Å². The van der Waals surface area contributed by atoms with Crippen molar-refractivity contribution in [3.8, 4) is 0 Å². The number of pyridine rings is 1. The van der Waals surface area contributed by atoms with Crippen LogP contribution >= 0.6 is 0 Å². The Labute approximate surface area is 86.8 Å². The zero-order chi connectivity index (χ0) is 10.4. The van der Waals surface area contributed by atoms with Gasteiger partial charge in [0.2, 0.25) is 5.71 Å². The molecule has 0 saturated carbocycles. The predicted octanol–water partition coefficient (Wildman–Crippen LogP) is 2.16. The Morgan fingerprint density at radius 1 is 1.53 bits per heavy atom. The maximum Gasteiger partial charge on any atom is 0.230 e. The van der Waals surface area contributed by atoms with E-state index in [9.17, 15) is 0 Å². The van der Waals surface area contributed by atoms with Crippen LogP contribution in [0.3, 0.4) is 0 Å². The largest absolute Gasteiger partial charge is 0.443 e. The molecule has 0 aliphatic carbocycles. The molecular formula is C11H11N3O. The first kappa shape index (κ1) is 8.35. The van der Waals surface area contributed by atoms with Gasteiger partial charge in [-0.25, -0.2) is 0 Å². The molecule has 0 saturated heterocycles. The fraction of sp³-hybridized carbons (Fsp3) is 0.182. The molecule has 2 aromatic rings. The monoisotopic (exact) mass is 201 g/mol. The van der Waals surface area contributed by atoms with E-state index >= 15 is 0 Å². The molecule has 3 heterocycles. The number of aryl methyl sites for hydroxylation is 1. The van der Waals surface area contributed by atoms with E-state index in [1.54, 1.807) is 0 Å². The lowest BCUT2D eigenvalue weighted by molar-refractivity contribution is 0.568. The van der Waals surface area contributed by atoms with Gasteiger partial charge in [-0.05, 0) is 13.0 Å². The molecule has 0 radical (unpaired) electrons. The van der Waals surface area contributed by atoms with Gasteiger partial charge in [-0.2, -0.15) is 4.98 Å². The molecule has 76 valence electrons. The summed E-state index contributed by atoms with van der Waals surface area (Å²) in [5.41, 5.74) is 8.44. The smallest absolute Gasteiger partial charge is 0.230 e. The van der Waals surface area contributed by atoms with Gasteiger partial charge < -0.3 is 15.5 Å². The third-order valence-electron chi connectivity index (χ3n) is 2.55. The summed E-state index contributed by atoms with van der Waals surface area (Å²) in [5, 5.41) is 4.29. The average molecular weight is 201 g/mol. The number of anilines is 2. The SMILES string of the molecule is Cc1cc2c3c(c(N)nc2o1)C=CCN3. The fourth-order valence-corrected chi connectivity index (χ4v) is 1.90. The van der Waals surface area contributed by atoms with Crippen LogP contribution in [0.5, 0.6) is 0 Å². The summed E-state index contributed by atoms with van der Waals surface area (Å²) in [6, 6.07) is 1.98. The Balaban J connectivity index is 2.44.